The molecule has 4 fully saturated rings. The average Bonchev–Trinajstić information content (AvgIpc) is 3.43. The molecule has 0 aromatic heterocycles. The first-order valence-corrected chi connectivity index (χ1v) is 13.5. The van der Waals surface area contributed by atoms with Gasteiger partial charge in [0.1, 0.15) is 23.2 Å². The zero-order valence-corrected chi connectivity index (χ0v) is 21.5. The number of aliphatic hydroxyl groups is 3. The Labute approximate surface area is 221 Å². The number of allylic oxidation sites excluding steroid dienone is 4. The first-order chi connectivity index (χ1) is 18.1. The minimum atomic E-state index is -1.23. The van der Waals surface area contributed by atoms with Crippen molar-refractivity contribution in [3.63, 3.8) is 0 Å². The Bertz CT molecular complexity index is 1160. The molecule has 5 rings (SSSR count). The number of hydrogen-bond acceptors (Lipinski definition) is 7. The largest absolute Gasteiger partial charge is 0.507 e. The molecule has 2 aliphatic heterocycles. The monoisotopic (exact) mass is 524 g/mol. The van der Waals surface area contributed by atoms with Gasteiger partial charge in [0.05, 0.1) is 17.6 Å². The first kappa shape index (κ1) is 26.6. The van der Waals surface area contributed by atoms with E-state index in [-0.39, 0.29) is 66.6 Å². The van der Waals surface area contributed by atoms with Gasteiger partial charge in [-0.1, -0.05) is 25.2 Å². The second kappa shape index (κ2) is 9.93. The van der Waals surface area contributed by atoms with Gasteiger partial charge >= 0.3 is 0 Å². The van der Waals surface area contributed by atoms with Crippen LogP contribution in [-0.4, -0.2) is 63.0 Å². The van der Waals surface area contributed by atoms with Crippen LogP contribution in [0.4, 0.5) is 0 Å². The van der Waals surface area contributed by atoms with Crippen molar-refractivity contribution >= 4 is 23.4 Å². The Morgan fingerprint density at radius 3 is 2.63 bits per heavy atom. The second-order valence-electron chi connectivity index (χ2n) is 11.6. The molecule has 0 aromatic carbocycles. The van der Waals surface area contributed by atoms with Gasteiger partial charge in [-0.2, -0.15) is 0 Å². The maximum atomic E-state index is 13.6. The number of aliphatic hydroxyl groups excluding tert-OH is 2. The molecule has 9 nitrogen and oxygen atoms in total. The molecule has 1 saturated heterocycles. The summed E-state index contributed by atoms with van der Waals surface area (Å²) in [5.74, 6) is -3.34. The Hall–Kier alpha value is -3.04. The Morgan fingerprint density at radius 2 is 1.89 bits per heavy atom. The third-order valence-electron chi connectivity index (χ3n) is 9.85. The SMILES string of the molecule is C=CC1CC2CC3C4CC=CC(=O)NCCC(O)C5NC(=O)C(=C(O)C=CC4CC(=O)C3C2(O)C1C)C5=O. The number of carbonyl (C=O) groups excluding carboxylic acids is 4. The zero-order chi connectivity index (χ0) is 27.4. The molecule has 5 aliphatic rings. The van der Waals surface area contributed by atoms with Gasteiger partial charge in [0.15, 0.2) is 5.78 Å². The Balaban J connectivity index is 1.50. The van der Waals surface area contributed by atoms with Crippen LogP contribution >= 0.6 is 0 Å². The van der Waals surface area contributed by atoms with E-state index in [1.54, 1.807) is 12.2 Å². The minimum Gasteiger partial charge on any atom is -0.507 e. The van der Waals surface area contributed by atoms with Crippen LogP contribution in [0.2, 0.25) is 0 Å². The average molecular weight is 525 g/mol. The van der Waals surface area contributed by atoms with Crippen molar-refractivity contribution in [1.82, 2.24) is 10.6 Å². The maximum Gasteiger partial charge on any atom is 0.259 e. The van der Waals surface area contributed by atoms with Gasteiger partial charge < -0.3 is 26.0 Å². The van der Waals surface area contributed by atoms with E-state index in [9.17, 15) is 34.5 Å². The number of carbonyl (C=O) groups is 4. The highest BCUT2D eigenvalue weighted by molar-refractivity contribution is 6.27. The normalized spacial score (nSPS) is 43.4. The van der Waals surface area contributed by atoms with Crippen LogP contribution in [0.1, 0.15) is 39.0 Å². The minimum absolute atomic E-state index is 0.0199. The van der Waals surface area contributed by atoms with Crippen LogP contribution in [0.25, 0.3) is 0 Å². The van der Waals surface area contributed by atoms with Crippen molar-refractivity contribution in [2.24, 2.45) is 41.4 Å². The third-order valence-corrected chi connectivity index (χ3v) is 9.85. The zero-order valence-electron chi connectivity index (χ0n) is 21.5. The topological polar surface area (TPSA) is 153 Å². The molecule has 3 aliphatic carbocycles. The molecule has 9 heteroatoms. The lowest BCUT2D eigenvalue weighted by atomic mass is 9.61. The van der Waals surface area contributed by atoms with E-state index in [1.165, 1.54) is 12.2 Å². The highest BCUT2D eigenvalue weighted by Gasteiger charge is 2.66. The van der Waals surface area contributed by atoms with E-state index < -0.39 is 46.7 Å². The highest BCUT2D eigenvalue weighted by Crippen LogP contribution is 2.63. The number of Topliss-reactive ketones (excluding diaryl/α,β-unsaturated/α-hetero) is 2. The van der Waals surface area contributed by atoms with Gasteiger partial charge in [0, 0.05) is 13.0 Å². The smallest absolute Gasteiger partial charge is 0.259 e. The van der Waals surface area contributed by atoms with Gasteiger partial charge in [-0.05, 0) is 73.3 Å². The van der Waals surface area contributed by atoms with Crippen molar-refractivity contribution in [3.8, 4) is 0 Å². The van der Waals surface area contributed by atoms with Crippen LogP contribution in [-0.2, 0) is 19.2 Å². The summed E-state index contributed by atoms with van der Waals surface area (Å²) in [4.78, 5) is 51.2. The number of ketones is 2. The predicted octanol–water partition coefficient (Wildman–Crippen LogP) is 1.28. The van der Waals surface area contributed by atoms with Gasteiger partial charge in [0.25, 0.3) is 5.91 Å². The van der Waals surface area contributed by atoms with E-state index in [0.29, 0.717) is 12.8 Å². The highest BCUT2D eigenvalue weighted by atomic mass is 16.3. The second-order valence-corrected chi connectivity index (χ2v) is 11.6. The van der Waals surface area contributed by atoms with Crippen LogP contribution < -0.4 is 10.6 Å². The van der Waals surface area contributed by atoms with Gasteiger partial charge in [-0.15, -0.1) is 6.58 Å². The molecule has 0 radical (unpaired) electrons. The Kier molecular flexibility index (Phi) is 6.94. The van der Waals surface area contributed by atoms with Crippen molar-refractivity contribution in [3.05, 3.63) is 48.3 Å². The van der Waals surface area contributed by atoms with Crippen LogP contribution in [0, 0.1) is 41.4 Å². The van der Waals surface area contributed by atoms with Crippen molar-refractivity contribution in [2.45, 2.75) is 56.8 Å². The Morgan fingerprint density at radius 1 is 1.13 bits per heavy atom. The summed E-state index contributed by atoms with van der Waals surface area (Å²) in [5, 5.41) is 38.1. The molecule has 204 valence electrons. The van der Waals surface area contributed by atoms with Gasteiger partial charge in [-0.3, -0.25) is 19.2 Å². The molecule has 2 bridgehead atoms. The number of rotatable bonds is 1. The predicted molar refractivity (Wildman–Crippen MR) is 137 cm³/mol. The lowest BCUT2D eigenvalue weighted by molar-refractivity contribution is -0.144. The summed E-state index contributed by atoms with van der Waals surface area (Å²) in [6.45, 7) is 6.01. The van der Waals surface area contributed by atoms with Gasteiger partial charge in [-0.25, -0.2) is 0 Å². The molecule has 10 atom stereocenters. The number of hydrogen-bond donors (Lipinski definition) is 5. The number of amides is 2. The summed E-state index contributed by atoms with van der Waals surface area (Å²) < 4.78 is 0. The fraction of sp³-hybridized carbons (Fsp3) is 0.586. The van der Waals surface area contributed by atoms with E-state index in [2.05, 4.69) is 17.2 Å². The quantitative estimate of drug-likeness (QED) is 0.256. The molecule has 0 spiro atoms. The van der Waals surface area contributed by atoms with E-state index in [4.69, 9.17) is 0 Å². The summed E-state index contributed by atoms with van der Waals surface area (Å²) >= 11 is 0. The lowest BCUT2D eigenvalue weighted by Gasteiger charge is -2.43. The van der Waals surface area contributed by atoms with E-state index in [1.807, 2.05) is 13.0 Å². The molecule has 0 aromatic rings. The first-order valence-electron chi connectivity index (χ1n) is 13.5. The fourth-order valence-electron chi connectivity index (χ4n) is 7.93. The molecule has 38 heavy (non-hydrogen) atoms. The summed E-state index contributed by atoms with van der Waals surface area (Å²) in [5.41, 5.74) is -1.52. The fourth-order valence-corrected chi connectivity index (χ4v) is 7.93. The molecule has 10 unspecified atom stereocenters. The third kappa shape index (κ3) is 4.16. The molecule has 5 N–H and O–H groups in total. The molecule has 3 saturated carbocycles. The van der Waals surface area contributed by atoms with Crippen LogP contribution in [0.5, 0.6) is 0 Å². The summed E-state index contributed by atoms with van der Waals surface area (Å²) in [7, 11) is 0. The van der Waals surface area contributed by atoms with Crippen LogP contribution in [0.15, 0.2) is 48.3 Å². The molecular formula is C29H36N2O7. The van der Waals surface area contributed by atoms with Crippen molar-refractivity contribution in [1.29, 1.82) is 0 Å². The molecular weight excluding hydrogens is 488 g/mol. The van der Waals surface area contributed by atoms with Crippen molar-refractivity contribution < 1.29 is 34.5 Å². The number of fused-ring (bicyclic) bond motifs is 7. The van der Waals surface area contributed by atoms with Gasteiger partial charge in [0.2, 0.25) is 5.91 Å². The molecule has 2 amide bonds. The van der Waals surface area contributed by atoms with Crippen molar-refractivity contribution in [2.75, 3.05) is 6.54 Å². The standard InChI is InChI=1S/C29H36N2O7/c1-3-15-11-17-13-19-18-5-4-6-23(35)30-10-9-21(33)26-27(36)24(28(37)31-26)20(32)8-7-16(18)12-22(34)25(19)29(17,38)14(15)2/h3-4,6-8,14-19,21,25-26,32-33,38H,1,5,9-13H2,2H3,(H,30,35)(H,31,37). The van der Waals surface area contributed by atoms with E-state index >= 15 is 0 Å². The number of nitrogens with one attached hydrogen (secondary N) is 2. The van der Waals surface area contributed by atoms with Crippen LogP contribution in [0.3, 0.4) is 0 Å². The summed E-state index contributed by atoms with van der Waals surface area (Å²) in [6.07, 6.45) is 8.97. The van der Waals surface area contributed by atoms with E-state index in [0.717, 1.165) is 6.42 Å². The lowest BCUT2D eigenvalue weighted by Crippen LogP contribution is -2.51. The maximum absolute atomic E-state index is 13.6. The summed E-state index contributed by atoms with van der Waals surface area (Å²) in [6, 6.07) is -1.21. The molecule has 2 heterocycles.